The summed E-state index contributed by atoms with van der Waals surface area (Å²) in [5, 5.41) is 7.52. The Morgan fingerprint density at radius 1 is 0.967 bits per heavy atom. The number of ether oxygens (including phenoxy) is 1. The molecule has 0 unspecified atom stereocenters. The van der Waals surface area contributed by atoms with Gasteiger partial charge in [-0.3, -0.25) is 0 Å². The molecule has 30 heavy (non-hydrogen) atoms. The predicted octanol–water partition coefficient (Wildman–Crippen LogP) is 3.97. The second kappa shape index (κ2) is 9.64. The first-order chi connectivity index (χ1) is 14.7. The van der Waals surface area contributed by atoms with Crippen LogP contribution in [0.1, 0.15) is 11.1 Å². The minimum absolute atomic E-state index is 0.370. The molecule has 2 aromatic carbocycles. The van der Waals surface area contributed by atoms with E-state index in [2.05, 4.69) is 58.5 Å². The Hall–Kier alpha value is -3.04. The molecule has 9 heteroatoms. The zero-order valence-corrected chi connectivity index (χ0v) is 18.1. The second-order valence-corrected chi connectivity index (χ2v) is 7.71. The largest absolute Gasteiger partial charge is 0.378 e. The number of morpholine rings is 1. The molecule has 1 fully saturated rings. The van der Waals surface area contributed by atoms with Gasteiger partial charge in [0, 0.05) is 23.2 Å². The van der Waals surface area contributed by atoms with Crippen LogP contribution in [-0.4, -0.2) is 47.5 Å². The van der Waals surface area contributed by atoms with Crippen LogP contribution < -0.4 is 15.6 Å². The normalized spacial score (nSPS) is 14.1. The smallest absolute Gasteiger partial charge is 0.250 e. The van der Waals surface area contributed by atoms with Gasteiger partial charge in [-0.25, -0.2) is 5.43 Å². The van der Waals surface area contributed by atoms with E-state index < -0.39 is 0 Å². The lowest BCUT2D eigenvalue weighted by molar-refractivity contribution is 0.122. The molecule has 4 rings (SSSR count). The van der Waals surface area contributed by atoms with Crippen molar-refractivity contribution in [2.45, 2.75) is 6.92 Å². The number of hydrogen-bond donors (Lipinski definition) is 2. The summed E-state index contributed by atoms with van der Waals surface area (Å²) in [5.41, 5.74) is 5.98. The van der Waals surface area contributed by atoms with Crippen molar-refractivity contribution in [3.8, 4) is 0 Å². The summed E-state index contributed by atoms with van der Waals surface area (Å²) in [7, 11) is 0. The van der Waals surface area contributed by atoms with Gasteiger partial charge in [-0.1, -0.05) is 45.8 Å². The zero-order valence-electron chi connectivity index (χ0n) is 16.5. The average Bonchev–Trinajstić information content (AvgIpc) is 2.77. The molecule has 2 N–H and O–H groups in total. The van der Waals surface area contributed by atoms with E-state index in [-0.39, 0.29) is 0 Å². The van der Waals surface area contributed by atoms with Gasteiger partial charge < -0.3 is 15.0 Å². The molecule has 0 atom stereocenters. The lowest BCUT2D eigenvalue weighted by atomic mass is 10.2. The van der Waals surface area contributed by atoms with E-state index in [1.807, 2.05) is 48.5 Å². The molecule has 154 valence electrons. The van der Waals surface area contributed by atoms with Crippen LogP contribution in [0.2, 0.25) is 0 Å². The fourth-order valence-electron chi connectivity index (χ4n) is 2.85. The number of hydrazone groups is 1. The summed E-state index contributed by atoms with van der Waals surface area (Å²) >= 11 is 3.43. The van der Waals surface area contributed by atoms with Gasteiger partial charge in [-0.2, -0.15) is 20.1 Å². The van der Waals surface area contributed by atoms with Gasteiger partial charge in [0.25, 0.3) is 0 Å². The Bertz CT molecular complexity index is 1000. The molecule has 1 saturated heterocycles. The van der Waals surface area contributed by atoms with Crippen LogP contribution in [0.4, 0.5) is 23.5 Å². The molecule has 0 amide bonds. The first-order valence-corrected chi connectivity index (χ1v) is 10.4. The number of aromatic nitrogens is 3. The van der Waals surface area contributed by atoms with Gasteiger partial charge in [0.05, 0.1) is 19.4 Å². The zero-order chi connectivity index (χ0) is 20.8. The number of nitrogens with one attached hydrogen (secondary N) is 2. The standard InChI is InChI=1S/C21H22BrN7O/c1-15-2-8-18(9-3-15)24-19-25-20(27-21(26-19)29-10-12-30-13-11-29)28-23-14-16-4-6-17(22)7-5-16/h2-9,14H,10-13H2,1H3,(H2,24,25,26,27,28)/b23-14-. The molecular weight excluding hydrogens is 446 g/mol. The van der Waals surface area contributed by atoms with Crippen molar-refractivity contribution in [3.05, 3.63) is 64.1 Å². The van der Waals surface area contributed by atoms with Gasteiger partial charge in [0.15, 0.2) is 0 Å². The van der Waals surface area contributed by atoms with Gasteiger partial charge in [-0.15, -0.1) is 0 Å². The summed E-state index contributed by atoms with van der Waals surface area (Å²) in [5.74, 6) is 1.41. The van der Waals surface area contributed by atoms with Crippen LogP contribution in [0.3, 0.4) is 0 Å². The van der Waals surface area contributed by atoms with Crippen LogP contribution >= 0.6 is 15.9 Å². The van der Waals surface area contributed by atoms with Crippen molar-refractivity contribution in [1.82, 2.24) is 15.0 Å². The molecule has 1 aliphatic rings. The SMILES string of the molecule is Cc1ccc(Nc2nc(N/N=C\c3ccc(Br)cc3)nc(N3CCOCC3)n2)cc1. The summed E-state index contributed by atoms with van der Waals surface area (Å²) in [6.07, 6.45) is 1.72. The van der Waals surface area contributed by atoms with Crippen LogP contribution in [0, 0.1) is 6.92 Å². The highest BCUT2D eigenvalue weighted by molar-refractivity contribution is 9.10. The maximum Gasteiger partial charge on any atom is 0.250 e. The first kappa shape index (κ1) is 20.2. The molecule has 2 heterocycles. The number of nitrogens with zero attached hydrogens (tertiary/aromatic N) is 5. The fourth-order valence-corrected chi connectivity index (χ4v) is 3.12. The van der Waals surface area contributed by atoms with Crippen molar-refractivity contribution in [2.24, 2.45) is 5.10 Å². The topological polar surface area (TPSA) is 87.6 Å². The van der Waals surface area contributed by atoms with E-state index >= 15 is 0 Å². The monoisotopic (exact) mass is 467 g/mol. The molecule has 0 aliphatic carbocycles. The van der Waals surface area contributed by atoms with E-state index in [1.54, 1.807) is 6.21 Å². The Labute approximate surface area is 183 Å². The van der Waals surface area contributed by atoms with E-state index in [0.717, 1.165) is 28.8 Å². The van der Waals surface area contributed by atoms with E-state index in [0.29, 0.717) is 31.1 Å². The van der Waals surface area contributed by atoms with Crippen molar-refractivity contribution >= 4 is 45.7 Å². The lowest BCUT2D eigenvalue weighted by Gasteiger charge is -2.27. The molecule has 8 nitrogen and oxygen atoms in total. The minimum Gasteiger partial charge on any atom is -0.378 e. The summed E-state index contributed by atoms with van der Waals surface area (Å²) in [6.45, 7) is 4.81. The Balaban J connectivity index is 1.55. The molecule has 1 aliphatic heterocycles. The van der Waals surface area contributed by atoms with Crippen LogP contribution in [-0.2, 0) is 4.74 Å². The lowest BCUT2D eigenvalue weighted by Crippen LogP contribution is -2.37. The third kappa shape index (κ3) is 5.52. The highest BCUT2D eigenvalue weighted by Gasteiger charge is 2.16. The molecule has 3 aromatic rings. The average molecular weight is 468 g/mol. The van der Waals surface area contributed by atoms with Gasteiger partial charge in [0.2, 0.25) is 17.8 Å². The van der Waals surface area contributed by atoms with Crippen molar-refractivity contribution < 1.29 is 4.74 Å². The quantitative estimate of drug-likeness (QED) is 0.418. The number of aryl methyl sites for hydroxylation is 1. The third-order valence-electron chi connectivity index (χ3n) is 4.47. The number of rotatable bonds is 6. The minimum atomic E-state index is 0.370. The fraction of sp³-hybridized carbons (Fsp3) is 0.238. The highest BCUT2D eigenvalue weighted by atomic mass is 79.9. The second-order valence-electron chi connectivity index (χ2n) is 6.79. The summed E-state index contributed by atoms with van der Waals surface area (Å²) in [6, 6.07) is 15.9. The van der Waals surface area contributed by atoms with Gasteiger partial charge in [0.1, 0.15) is 0 Å². The Morgan fingerprint density at radius 3 is 2.40 bits per heavy atom. The van der Waals surface area contributed by atoms with Crippen LogP contribution in [0.15, 0.2) is 58.1 Å². The number of halogens is 1. The maximum absolute atomic E-state index is 5.44. The van der Waals surface area contributed by atoms with Gasteiger partial charge in [-0.05, 0) is 36.8 Å². The molecule has 0 radical (unpaired) electrons. The van der Waals surface area contributed by atoms with Crippen molar-refractivity contribution in [3.63, 3.8) is 0 Å². The molecule has 0 spiro atoms. The number of benzene rings is 2. The Kier molecular flexibility index (Phi) is 6.50. The molecule has 1 aromatic heterocycles. The summed E-state index contributed by atoms with van der Waals surface area (Å²) < 4.78 is 6.46. The first-order valence-electron chi connectivity index (χ1n) is 9.63. The van der Waals surface area contributed by atoms with E-state index in [9.17, 15) is 0 Å². The van der Waals surface area contributed by atoms with E-state index in [4.69, 9.17) is 4.74 Å². The third-order valence-corrected chi connectivity index (χ3v) is 5.00. The van der Waals surface area contributed by atoms with Crippen molar-refractivity contribution in [1.29, 1.82) is 0 Å². The summed E-state index contributed by atoms with van der Waals surface area (Å²) in [4.78, 5) is 15.7. The molecule has 0 bridgehead atoms. The number of hydrogen-bond acceptors (Lipinski definition) is 8. The highest BCUT2D eigenvalue weighted by Crippen LogP contribution is 2.19. The van der Waals surface area contributed by atoms with E-state index in [1.165, 1.54) is 5.56 Å². The van der Waals surface area contributed by atoms with Gasteiger partial charge >= 0.3 is 0 Å². The van der Waals surface area contributed by atoms with Crippen LogP contribution in [0.5, 0.6) is 0 Å². The maximum atomic E-state index is 5.44. The number of anilines is 4. The predicted molar refractivity (Wildman–Crippen MR) is 123 cm³/mol. The molecular formula is C21H22BrN7O. The van der Waals surface area contributed by atoms with Crippen LogP contribution in [0.25, 0.3) is 0 Å². The Morgan fingerprint density at radius 2 is 1.67 bits per heavy atom. The van der Waals surface area contributed by atoms with Crippen molar-refractivity contribution in [2.75, 3.05) is 41.9 Å². The molecule has 0 saturated carbocycles.